The van der Waals surface area contributed by atoms with Gasteiger partial charge in [-0.15, -0.1) is 0 Å². The molecule has 1 atom stereocenters. The van der Waals surface area contributed by atoms with E-state index in [4.69, 9.17) is 11.6 Å². The standard InChI is InChI=1S/C31H38ClN3O4S/c1-5-7-19-33-31(37)28(6-2)34(21-25-13-11-12-16-27(25)32)30(36)22-35(29-20-23(3)17-18-24(29)4)40(38,39)26-14-9-8-10-15-26/h8-18,20,28H,5-7,19,21-22H2,1-4H3,(H,33,37)/t28-/m1/s1. The van der Waals surface area contributed by atoms with E-state index in [0.717, 1.165) is 22.7 Å². The monoisotopic (exact) mass is 583 g/mol. The minimum atomic E-state index is -4.11. The molecule has 0 unspecified atom stereocenters. The Labute approximate surface area is 243 Å². The zero-order valence-electron chi connectivity index (χ0n) is 23.6. The number of hydrogen-bond donors (Lipinski definition) is 1. The fraction of sp³-hybridized carbons (Fsp3) is 0.355. The Balaban J connectivity index is 2.07. The molecule has 3 aromatic rings. The van der Waals surface area contributed by atoms with Gasteiger partial charge in [0.05, 0.1) is 10.6 Å². The number of rotatable bonds is 13. The van der Waals surface area contributed by atoms with E-state index < -0.39 is 28.5 Å². The normalized spacial score (nSPS) is 12.0. The smallest absolute Gasteiger partial charge is 0.264 e. The Morgan fingerprint density at radius 3 is 2.27 bits per heavy atom. The van der Waals surface area contributed by atoms with Gasteiger partial charge in [0, 0.05) is 18.1 Å². The maximum absolute atomic E-state index is 14.1. The molecule has 3 aromatic carbocycles. The number of carbonyl (C=O) groups is 2. The van der Waals surface area contributed by atoms with Crippen LogP contribution < -0.4 is 9.62 Å². The van der Waals surface area contributed by atoms with Gasteiger partial charge in [-0.3, -0.25) is 13.9 Å². The number of amides is 2. The third-order valence-corrected chi connectivity index (χ3v) is 8.90. The lowest BCUT2D eigenvalue weighted by Gasteiger charge is -2.33. The van der Waals surface area contributed by atoms with E-state index in [9.17, 15) is 18.0 Å². The molecule has 40 heavy (non-hydrogen) atoms. The summed E-state index contributed by atoms with van der Waals surface area (Å²) in [6.45, 7) is 7.62. The van der Waals surface area contributed by atoms with Crippen LogP contribution in [0.1, 0.15) is 49.8 Å². The second kappa shape index (κ2) is 14.3. The van der Waals surface area contributed by atoms with E-state index in [1.165, 1.54) is 17.0 Å². The Morgan fingerprint density at radius 1 is 0.950 bits per heavy atom. The quantitative estimate of drug-likeness (QED) is 0.255. The van der Waals surface area contributed by atoms with Gasteiger partial charge in [-0.25, -0.2) is 8.42 Å². The summed E-state index contributed by atoms with van der Waals surface area (Å²) in [7, 11) is -4.11. The number of hydrogen-bond acceptors (Lipinski definition) is 4. The Kier molecular flexibility index (Phi) is 11.2. The molecule has 0 aliphatic carbocycles. The minimum Gasteiger partial charge on any atom is -0.354 e. The summed E-state index contributed by atoms with van der Waals surface area (Å²) in [5, 5.41) is 3.39. The molecule has 0 radical (unpaired) electrons. The van der Waals surface area contributed by atoms with Crippen LogP contribution >= 0.6 is 11.6 Å². The van der Waals surface area contributed by atoms with Crippen molar-refractivity contribution >= 4 is 39.1 Å². The predicted molar refractivity (Wildman–Crippen MR) is 161 cm³/mol. The maximum atomic E-state index is 14.1. The number of aryl methyl sites for hydroxylation is 2. The average Bonchev–Trinajstić information content (AvgIpc) is 2.94. The molecule has 0 heterocycles. The van der Waals surface area contributed by atoms with Gasteiger partial charge in [0.25, 0.3) is 10.0 Å². The van der Waals surface area contributed by atoms with Gasteiger partial charge in [0.15, 0.2) is 0 Å². The summed E-state index contributed by atoms with van der Waals surface area (Å²) in [4.78, 5) is 28.9. The molecule has 0 aliphatic rings. The van der Waals surface area contributed by atoms with E-state index >= 15 is 0 Å². The highest BCUT2D eigenvalue weighted by atomic mass is 35.5. The largest absolute Gasteiger partial charge is 0.354 e. The van der Waals surface area contributed by atoms with Gasteiger partial charge in [0.1, 0.15) is 12.6 Å². The molecule has 214 valence electrons. The van der Waals surface area contributed by atoms with Gasteiger partial charge < -0.3 is 10.2 Å². The molecular formula is C31H38ClN3O4S. The van der Waals surface area contributed by atoms with Crippen molar-refractivity contribution in [1.82, 2.24) is 10.2 Å². The molecule has 1 N–H and O–H groups in total. The van der Waals surface area contributed by atoms with Gasteiger partial charge in [0.2, 0.25) is 11.8 Å². The first-order chi connectivity index (χ1) is 19.1. The van der Waals surface area contributed by atoms with Crippen LogP contribution in [-0.2, 0) is 26.2 Å². The second-order valence-electron chi connectivity index (χ2n) is 9.80. The average molecular weight is 584 g/mol. The van der Waals surface area contributed by atoms with Crippen molar-refractivity contribution in [2.45, 2.75) is 64.4 Å². The van der Waals surface area contributed by atoms with Crippen LogP contribution in [-0.4, -0.2) is 44.3 Å². The lowest BCUT2D eigenvalue weighted by Crippen LogP contribution is -2.52. The van der Waals surface area contributed by atoms with Crippen molar-refractivity contribution in [3.05, 3.63) is 94.5 Å². The Hall–Kier alpha value is -3.36. The lowest BCUT2D eigenvalue weighted by atomic mass is 10.1. The first kappa shape index (κ1) is 31.2. The molecule has 0 saturated carbocycles. The molecule has 0 spiro atoms. The van der Waals surface area contributed by atoms with Gasteiger partial charge >= 0.3 is 0 Å². The summed E-state index contributed by atoms with van der Waals surface area (Å²) in [6.07, 6.45) is 2.08. The van der Waals surface area contributed by atoms with E-state index in [1.807, 2.05) is 45.9 Å². The van der Waals surface area contributed by atoms with Crippen LogP contribution in [0.15, 0.2) is 77.7 Å². The fourth-order valence-electron chi connectivity index (χ4n) is 4.46. The van der Waals surface area contributed by atoms with Gasteiger partial charge in [-0.2, -0.15) is 0 Å². The Bertz CT molecular complexity index is 1410. The third kappa shape index (κ3) is 7.64. The number of nitrogens with one attached hydrogen (secondary N) is 1. The van der Waals surface area contributed by atoms with Gasteiger partial charge in [-0.1, -0.05) is 80.4 Å². The molecule has 9 heteroatoms. The summed E-state index contributed by atoms with van der Waals surface area (Å²) in [6, 6.07) is 19.9. The number of unbranched alkanes of at least 4 members (excludes halogenated alkanes) is 1. The third-order valence-electron chi connectivity index (χ3n) is 6.76. The maximum Gasteiger partial charge on any atom is 0.264 e. The van der Waals surface area contributed by atoms with Crippen molar-refractivity contribution in [2.75, 3.05) is 17.4 Å². The fourth-order valence-corrected chi connectivity index (χ4v) is 6.14. The van der Waals surface area contributed by atoms with Crippen LogP contribution in [0.25, 0.3) is 0 Å². The van der Waals surface area contributed by atoms with E-state index in [-0.39, 0.29) is 17.3 Å². The summed E-state index contributed by atoms with van der Waals surface area (Å²) >= 11 is 6.45. The molecule has 0 fully saturated rings. The first-order valence-corrected chi connectivity index (χ1v) is 15.4. The van der Waals surface area contributed by atoms with Crippen LogP contribution in [0, 0.1) is 13.8 Å². The molecule has 0 saturated heterocycles. The molecule has 0 aromatic heterocycles. The number of sulfonamides is 1. The zero-order chi connectivity index (χ0) is 29.3. The van der Waals surface area contributed by atoms with Crippen molar-refractivity contribution in [3.8, 4) is 0 Å². The topological polar surface area (TPSA) is 86.8 Å². The predicted octanol–water partition coefficient (Wildman–Crippen LogP) is 5.88. The van der Waals surface area contributed by atoms with Crippen molar-refractivity contribution in [3.63, 3.8) is 0 Å². The van der Waals surface area contributed by atoms with Crippen LogP contribution in [0.4, 0.5) is 5.69 Å². The summed E-state index contributed by atoms with van der Waals surface area (Å²) in [5.41, 5.74) is 2.65. The van der Waals surface area contributed by atoms with E-state index in [2.05, 4.69) is 5.32 Å². The number of benzene rings is 3. The van der Waals surface area contributed by atoms with Crippen molar-refractivity contribution in [2.24, 2.45) is 0 Å². The molecule has 7 nitrogen and oxygen atoms in total. The van der Waals surface area contributed by atoms with Crippen LogP contribution in [0.2, 0.25) is 5.02 Å². The molecular weight excluding hydrogens is 546 g/mol. The van der Waals surface area contributed by atoms with Crippen molar-refractivity contribution < 1.29 is 18.0 Å². The second-order valence-corrected chi connectivity index (χ2v) is 12.1. The van der Waals surface area contributed by atoms with Crippen LogP contribution in [0.3, 0.4) is 0 Å². The zero-order valence-corrected chi connectivity index (χ0v) is 25.1. The van der Waals surface area contributed by atoms with Gasteiger partial charge in [-0.05, 0) is 67.6 Å². The summed E-state index contributed by atoms with van der Waals surface area (Å²) in [5.74, 6) is -0.779. The number of halogens is 1. The molecule has 0 bridgehead atoms. The van der Waals surface area contributed by atoms with Crippen LogP contribution in [0.5, 0.6) is 0 Å². The molecule has 0 aliphatic heterocycles. The van der Waals surface area contributed by atoms with E-state index in [0.29, 0.717) is 34.8 Å². The summed E-state index contributed by atoms with van der Waals surface area (Å²) < 4.78 is 29.1. The highest BCUT2D eigenvalue weighted by molar-refractivity contribution is 7.92. The minimum absolute atomic E-state index is 0.0598. The Morgan fingerprint density at radius 2 is 1.62 bits per heavy atom. The lowest BCUT2D eigenvalue weighted by molar-refractivity contribution is -0.140. The highest BCUT2D eigenvalue weighted by Gasteiger charge is 2.34. The first-order valence-electron chi connectivity index (χ1n) is 13.6. The number of carbonyl (C=O) groups excluding carboxylic acids is 2. The number of nitrogens with zero attached hydrogens (tertiary/aromatic N) is 2. The van der Waals surface area contributed by atoms with Crippen molar-refractivity contribution in [1.29, 1.82) is 0 Å². The molecule has 2 amide bonds. The highest BCUT2D eigenvalue weighted by Crippen LogP contribution is 2.29. The molecule has 3 rings (SSSR count). The van der Waals surface area contributed by atoms with E-state index in [1.54, 1.807) is 42.5 Å². The SMILES string of the molecule is CCCCNC(=O)[C@@H](CC)N(Cc1ccccc1Cl)C(=O)CN(c1cc(C)ccc1C)S(=O)(=O)c1ccccc1. The number of anilines is 1.